The van der Waals surface area contributed by atoms with E-state index >= 15 is 0 Å². The molecule has 0 spiro atoms. The van der Waals surface area contributed by atoms with Crippen LogP contribution in [-0.4, -0.2) is 71.5 Å². The molecule has 2 aliphatic rings. The summed E-state index contributed by atoms with van der Waals surface area (Å²) in [6.45, 7) is 8.09. The van der Waals surface area contributed by atoms with Crippen molar-refractivity contribution in [2.75, 3.05) is 38.0 Å². The zero-order valence-corrected chi connectivity index (χ0v) is 23.8. The van der Waals surface area contributed by atoms with E-state index in [2.05, 4.69) is 49.1 Å². The summed E-state index contributed by atoms with van der Waals surface area (Å²) in [7, 11) is -3.52. The second-order valence-corrected chi connectivity index (χ2v) is 12.5. The smallest absolute Gasteiger partial charge is 0.240 e. The second kappa shape index (κ2) is 11.7. The zero-order valence-electron chi connectivity index (χ0n) is 23.0. The lowest BCUT2D eigenvalue weighted by molar-refractivity contribution is 0.121. The van der Waals surface area contributed by atoms with Crippen molar-refractivity contribution in [2.45, 2.75) is 50.1 Å². The van der Waals surface area contributed by atoms with Gasteiger partial charge in [0.1, 0.15) is 5.65 Å². The molecule has 0 unspecified atom stereocenters. The summed E-state index contributed by atoms with van der Waals surface area (Å²) in [5.41, 5.74) is 3.82. The van der Waals surface area contributed by atoms with Gasteiger partial charge in [-0.2, -0.15) is 4.98 Å². The van der Waals surface area contributed by atoms with Gasteiger partial charge >= 0.3 is 0 Å². The monoisotopic (exact) mass is 559 g/mol. The van der Waals surface area contributed by atoms with E-state index in [9.17, 15) is 8.42 Å². The predicted octanol–water partition coefficient (Wildman–Crippen LogP) is 4.52. The van der Waals surface area contributed by atoms with Gasteiger partial charge < -0.3 is 9.88 Å². The summed E-state index contributed by atoms with van der Waals surface area (Å²) in [6.07, 6.45) is 8.23. The summed E-state index contributed by atoms with van der Waals surface area (Å²) in [5, 5.41) is 4.23. The van der Waals surface area contributed by atoms with Crippen molar-refractivity contribution >= 4 is 32.7 Å². The first-order valence-electron chi connectivity index (χ1n) is 14.2. The van der Waals surface area contributed by atoms with Crippen LogP contribution in [-0.2, 0) is 16.6 Å². The molecule has 2 aromatic heterocycles. The normalized spacial score (nSPS) is 16.9. The van der Waals surface area contributed by atoms with Gasteiger partial charge in [0, 0.05) is 74.5 Å². The minimum absolute atomic E-state index is 0.254. The molecule has 0 bridgehead atoms. The quantitative estimate of drug-likeness (QED) is 0.261. The number of fused-ring (bicyclic) bond motifs is 1. The fourth-order valence-electron chi connectivity index (χ4n) is 5.25. The molecule has 1 aliphatic carbocycles. The number of sulfonamides is 1. The maximum Gasteiger partial charge on any atom is 0.240 e. The number of piperazine rings is 1. The van der Waals surface area contributed by atoms with Crippen molar-refractivity contribution in [1.29, 1.82) is 0 Å². The van der Waals surface area contributed by atoms with E-state index in [1.165, 1.54) is 31.5 Å². The van der Waals surface area contributed by atoms with Crippen LogP contribution >= 0.6 is 0 Å². The van der Waals surface area contributed by atoms with Gasteiger partial charge in [0.25, 0.3) is 0 Å². The van der Waals surface area contributed by atoms with Crippen molar-refractivity contribution in [1.82, 2.24) is 29.1 Å². The Morgan fingerprint density at radius 3 is 2.40 bits per heavy atom. The van der Waals surface area contributed by atoms with Crippen LogP contribution in [0.15, 0.2) is 71.9 Å². The molecule has 1 aliphatic heterocycles. The fourth-order valence-corrected chi connectivity index (χ4v) is 6.32. The van der Waals surface area contributed by atoms with E-state index < -0.39 is 10.0 Å². The highest BCUT2D eigenvalue weighted by Crippen LogP contribution is 2.28. The molecule has 0 radical (unpaired) electrons. The van der Waals surface area contributed by atoms with Crippen molar-refractivity contribution in [3.05, 3.63) is 72.6 Å². The number of hydrogen-bond donors (Lipinski definition) is 2. The molecule has 2 aromatic carbocycles. The highest BCUT2D eigenvalue weighted by molar-refractivity contribution is 7.89. The minimum Gasteiger partial charge on any atom is -0.324 e. The third-order valence-corrected chi connectivity index (χ3v) is 9.24. The first kappa shape index (κ1) is 26.9. The Morgan fingerprint density at radius 1 is 0.950 bits per heavy atom. The van der Waals surface area contributed by atoms with Crippen LogP contribution in [0.1, 0.15) is 38.2 Å². The van der Waals surface area contributed by atoms with Gasteiger partial charge in [0.05, 0.1) is 4.90 Å². The Labute approximate surface area is 236 Å². The largest absolute Gasteiger partial charge is 0.324 e. The summed E-state index contributed by atoms with van der Waals surface area (Å²) < 4.78 is 29.7. The molecule has 1 saturated carbocycles. The lowest BCUT2D eigenvalue weighted by Crippen LogP contribution is -2.46. The van der Waals surface area contributed by atoms with Crippen molar-refractivity contribution in [3.8, 4) is 5.69 Å². The average molecular weight is 560 g/mol. The highest BCUT2D eigenvalue weighted by atomic mass is 32.2. The Hall–Kier alpha value is -3.31. The number of unbranched alkanes of at least 4 members (excludes halogenated alkanes) is 1. The first-order chi connectivity index (χ1) is 19.5. The number of hydrogen-bond acceptors (Lipinski definition) is 7. The lowest BCUT2D eigenvalue weighted by atomic mass is 10.1. The predicted molar refractivity (Wildman–Crippen MR) is 159 cm³/mol. The third kappa shape index (κ3) is 6.20. The van der Waals surface area contributed by atoms with E-state index in [1.807, 2.05) is 23.8 Å². The molecule has 40 heavy (non-hydrogen) atoms. The Bertz CT molecular complexity index is 1540. The van der Waals surface area contributed by atoms with Crippen LogP contribution in [0.25, 0.3) is 16.7 Å². The maximum atomic E-state index is 12.5. The van der Waals surface area contributed by atoms with Crippen LogP contribution in [0.4, 0.5) is 11.6 Å². The van der Waals surface area contributed by atoms with Gasteiger partial charge in [-0.05, 0) is 67.3 Å². The number of aromatic nitrogens is 3. The summed E-state index contributed by atoms with van der Waals surface area (Å²) in [5.74, 6) is 0.510. The van der Waals surface area contributed by atoms with Crippen molar-refractivity contribution in [3.63, 3.8) is 0 Å². The van der Waals surface area contributed by atoms with Crippen molar-refractivity contribution < 1.29 is 8.42 Å². The second-order valence-electron chi connectivity index (χ2n) is 10.8. The molecular weight excluding hydrogens is 522 g/mol. The number of rotatable bonds is 11. The highest BCUT2D eigenvalue weighted by Gasteiger charge is 2.31. The number of anilines is 2. The van der Waals surface area contributed by atoms with Gasteiger partial charge in [0.15, 0.2) is 0 Å². The Morgan fingerprint density at radius 2 is 1.70 bits per heavy atom. The minimum atomic E-state index is -3.52. The summed E-state index contributed by atoms with van der Waals surface area (Å²) in [6, 6.07) is 18.2. The molecular formula is C30H37N7O2S. The summed E-state index contributed by atoms with van der Waals surface area (Å²) >= 11 is 0. The van der Waals surface area contributed by atoms with Crippen LogP contribution in [0, 0.1) is 0 Å². The van der Waals surface area contributed by atoms with Crippen LogP contribution in [0.5, 0.6) is 0 Å². The molecule has 210 valence electrons. The third-order valence-electron chi connectivity index (χ3n) is 7.76. The van der Waals surface area contributed by atoms with E-state index in [1.54, 1.807) is 30.5 Å². The number of nitrogens with one attached hydrogen (secondary N) is 2. The van der Waals surface area contributed by atoms with Gasteiger partial charge in [0.2, 0.25) is 16.0 Å². The summed E-state index contributed by atoms with van der Waals surface area (Å²) in [4.78, 5) is 14.7. The van der Waals surface area contributed by atoms with Crippen LogP contribution in [0.2, 0.25) is 0 Å². The van der Waals surface area contributed by atoms with Crippen LogP contribution in [0.3, 0.4) is 0 Å². The Balaban J connectivity index is 1.11. The average Bonchev–Trinajstić information content (AvgIpc) is 3.74. The molecule has 2 fully saturated rings. The Kier molecular flexibility index (Phi) is 7.84. The standard InChI is InChI=1S/C30H37N7O2S/c1-2-3-15-32-40(38,39)28-12-10-27(11-13-28)37-16-14-24-21-31-30(34-29(24)37)33-25-6-4-23(5-7-25)22-35-17-19-36(20-18-35)26-8-9-26/h4-7,10-14,16,21,26,32H,2-3,8-9,15,17-20,22H2,1H3,(H,31,33,34). The van der Waals surface area contributed by atoms with E-state index in [-0.39, 0.29) is 4.90 Å². The molecule has 0 atom stereocenters. The molecule has 9 nitrogen and oxygen atoms in total. The van der Waals surface area contributed by atoms with E-state index in [0.29, 0.717) is 12.5 Å². The van der Waals surface area contributed by atoms with E-state index in [0.717, 1.165) is 60.9 Å². The molecule has 3 heterocycles. The topological polar surface area (TPSA) is 95.4 Å². The maximum absolute atomic E-state index is 12.5. The number of nitrogens with zero attached hydrogens (tertiary/aromatic N) is 5. The van der Waals surface area contributed by atoms with Gasteiger partial charge in [-0.15, -0.1) is 0 Å². The lowest BCUT2D eigenvalue weighted by Gasteiger charge is -2.34. The van der Waals surface area contributed by atoms with E-state index in [4.69, 9.17) is 4.98 Å². The number of benzene rings is 2. The molecule has 10 heteroatoms. The first-order valence-corrected chi connectivity index (χ1v) is 15.7. The van der Waals surface area contributed by atoms with Crippen molar-refractivity contribution in [2.24, 2.45) is 0 Å². The molecule has 6 rings (SSSR count). The van der Waals surface area contributed by atoms with Gasteiger partial charge in [-0.1, -0.05) is 25.5 Å². The molecule has 4 aromatic rings. The SMILES string of the molecule is CCCCNS(=O)(=O)c1ccc(-n2ccc3cnc(Nc4ccc(CN5CCN(C6CC6)CC5)cc4)nc32)cc1. The van der Waals surface area contributed by atoms with Crippen LogP contribution < -0.4 is 10.0 Å². The molecule has 1 saturated heterocycles. The molecule has 0 amide bonds. The zero-order chi connectivity index (χ0) is 27.5. The van der Waals surface area contributed by atoms with Gasteiger partial charge in [-0.3, -0.25) is 9.80 Å². The molecule has 2 N–H and O–H groups in total. The fraction of sp³-hybridized carbons (Fsp3) is 0.400. The van der Waals surface area contributed by atoms with Gasteiger partial charge in [-0.25, -0.2) is 18.1 Å².